The standard InChI is InChI=1S/C16H27N3O6/c1-3-10(2)13(17)16(23)25-19-9-5-7-12(19)15(22)24-18-8-4-6-11(18)14(20)21/h10-13H,3-9,17H2,1-2H3,(H,20,21)/t10-,11-,12-,13-/m0/s1. The number of hydrogen-bond donors (Lipinski definition) is 2. The van der Waals surface area contributed by atoms with Gasteiger partial charge in [-0.15, -0.1) is 10.1 Å². The summed E-state index contributed by atoms with van der Waals surface area (Å²) < 4.78 is 0. The molecule has 2 heterocycles. The molecule has 3 N–H and O–H groups in total. The average molecular weight is 357 g/mol. The number of carboxylic acids is 1. The monoisotopic (exact) mass is 357 g/mol. The Morgan fingerprint density at radius 2 is 1.68 bits per heavy atom. The van der Waals surface area contributed by atoms with Gasteiger partial charge in [-0.05, 0) is 31.6 Å². The molecular formula is C16H27N3O6. The van der Waals surface area contributed by atoms with Crippen LogP contribution in [0.15, 0.2) is 0 Å². The number of hydroxylamine groups is 4. The minimum atomic E-state index is -1.01. The summed E-state index contributed by atoms with van der Waals surface area (Å²) in [7, 11) is 0. The second-order valence-corrected chi connectivity index (χ2v) is 6.67. The van der Waals surface area contributed by atoms with Gasteiger partial charge in [0.1, 0.15) is 18.1 Å². The molecule has 2 saturated heterocycles. The number of nitrogens with zero attached hydrogens (tertiary/aromatic N) is 2. The molecule has 0 radical (unpaired) electrons. The summed E-state index contributed by atoms with van der Waals surface area (Å²) in [5.74, 6) is -2.21. The van der Waals surface area contributed by atoms with Crippen molar-refractivity contribution >= 4 is 17.9 Å². The maximum atomic E-state index is 12.4. The van der Waals surface area contributed by atoms with Gasteiger partial charge in [0.15, 0.2) is 0 Å². The molecule has 0 aromatic rings. The average Bonchev–Trinajstić information content (AvgIpc) is 3.22. The fourth-order valence-electron chi connectivity index (χ4n) is 3.02. The second-order valence-electron chi connectivity index (χ2n) is 6.67. The third kappa shape index (κ3) is 4.68. The van der Waals surface area contributed by atoms with Crippen LogP contribution in [0.2, 0.25) is 0 Å². The van der Waals surface area contributed by atoms with E-state index in [4.69, 9.17) is 20.5 Å². The third-order valence-electron chi connectivity index (χ3n) is 4.91. The summed E-state index contributed by atoms with van der Waals surface area (Å²) in [6.45, 7) is 4.60. The van der Waals surface area contributed by atoms with Crippen LogP contribution in [0.1, 0.15) is 46.0 Å². The summed E-state index contributed by atoms with van der Waals surface area (Å²) in [6, 6.07) is -2.31. The van der Waals surface area contributed by atoms with Gasteiger partial charge in [0.2, 0.25) is 0 Å². The van der Waals surface area contributed by atoms with Crippen LogP contribution in [-0.2, 0) is 24.1 Å². The van der Waals surface area contributed by atoms with Crippen LogP contribution in [0.4, 0.5) is 0 Å². The molecule has 2 fully saturated rings. The molecular weight excluding hydrogens is 330 g/mol. The fraction of sp³-hybridized carbons (Fsp3) is 0.812. The lowest BCUT2D eigenvalue weighted by molar-refractivity contribution is -0.223. The first-order chi connectivity index (χ1) is 11.8. The van der Waals surface area contributed by atoms with Crippen molar-refractivity contribution in [3.63, 3.8) is 0 Å². The van der Waals surface area contributed by atoms with Crippen LogP contribution in [0.5, 0.6) is 0 Å². The Morgan fingerprint density at radius 3 is 2.24 bits per heavy atom. The zero-order valence-corrected chi connectivity index (χ0v) is 14.7. The van der Waals surface area contributed by atoms with E-state index in [2.05, 4.69) is 0 Å². The van der Waals surface area contributed by atoms with Gasteiger partial charge in [0.05, 0.1) is 0 Å². The van der Waals surface area contributed by atoms with Gasteiger partial charge in [-0.3, -0.25) is 4.79 Å². The molecule has 2 rings (SSSR count). The fourth-order valence-corrected chi connectivity index (χ4v) is 3.02. The lowest BCUT2D eigenvalue weighted by atomic mass is 10.0. The lowest BCUT2D eigenvalue weighted by Gasteiger charge is -2.27. The van der Waals surface area contributed by atoms with Crippen molar-refractivity contribution in [2.45, 2.75) is 64.1 Å². The molecule has 0 unspecified atom stereocenters. The van der Waals surface area contributed by atoms with E-state index in [1.54, 1.807) is 0 Å². The van der Waals surface area contributed by atoms with Crippen LogP contribution in [-0.4, -0.2) is 64.4 Å². The molecule has 25 heavy (non-hydrogen) atoms. The second kappa shape index (κ2) is 8.59. The predicted molar refractivity (Wildman–Crippen MR) is 86.7 cm³/mol. The number of carbonyl (C=O) groups excluding carboxylic acids is 2. The first kappa shape index (κ1) is 19.6. The van der Waals surface area contributed by atoms with Crippen LogP contribution in [0.3, 0.4) is 0 Å². The molecule has 142 valence electrons. The first-order valence-corrected chi connectivity index (χ1v) is 8.80. The normalized spacial score (nSPS) is 27.0. The summed E-state index contributed by atoms with van der Waals surface area (Å²) in [5, 5.41) is 11.6. The summed E-state index contributed by atoms with van der Waals surface area (Å²) >= 11 is 0. The third-order valence-corrected chi connectivity index (χ3v) is 4.91. The number of rotatable bonds is 7. The van der Waals surface area contributed by atoms with Crippen molar-refractivity contribution in [3.8, 4) is 0 Å². The van der Waals surface area contributed by atoms with E-state index in [1.807, 2.05) is 13.8 Å². The summed E-state index contributed by atoms with van der Waals surface area (Å²) in [6.07, 6.45) is 2.99. The van der Waals surface area contributed by atoms with Gasteiger partial charge in [-0.1, -0.05) is 20.3 Å². The van der Waals surface area contributed by atoms with Crippen molar-refractivity contribution < 1.29 is 29.2 Å². The van der Waals surface area contributed by atoms with Crippen LogP contribution < -0.4 is 5.73 Å². The molecule has 0 amide bonds. The molecule has 0 spiro atoms. The van der Waals surface area contributed by atoms with E-state index >= 15 is 0 Å². The molecule has 0 aromatic carbocycles. The Labute approximate surface area is 146 Å². The van der Waals surface area contributed by atoms with Crippen molar-refractivity contribution in [3.05, 3.63) is 0 Å². The molecule has 0 bridgehead atoms. The van der Waals surface area contributed by atoms with Crippen molar-refractivity contribution in [2.75, 3.05) is 13.1 Å². The Balaban J connectivity index is 1.93. The SMILES string of the molecule is CC[C@H](C)[C@H](N)C(=O)ON1CCC[C@H]1C(=O)ON1CCC[C@H]1C(=O)O. The molecule has 0 saturated carbocycles. The molecule has 4 atom stereocenters. The van der Waals surface area contributed by atoms with E-state index in [0.717, 1.165) is 6.42 Å². The highest BCUT2D eigenvalue weighted by Crippen LogP contribution is 2.23. The zero-order valence-electron chi connectivity index (χ0n) is 14.7. The number of aliphatic carboxylic acids is 1. The van der Waals surface area contributed by atoms with Gasteiger partial charge in [0, 0.05) is 13.1 Å². The highest BCUT2D eigenvalue weighted by molar-refractivity contribution is 5.78. The first-order valence-electron chi connectivity index (χ1n) is 8.80. The van der Waals surface area contributed by atoms with Gasteiger partial charge in [0.25, 0.3) is 0 Å². The van der Waals surface area contributed by atoms with Crippen molar-refractivity contribution in [1.82, 2.24) is 10.1 Å². The van der Waals surface area contributed by atoms with Crippen LogP contribution >= 0.6 is 0 Å². The van der Waals surface area contributed by atoms with Gasteiger partial charge in [-0.2, -0.15) is 0 Å². The van der Waals surface area contributed by atoms with E-state index in [-0.39, 0.29) is 5.92 Å². The maximum Gasteiger partial charge on any atom is 0.345 e. The van der Waals surface area contributed by atoms with Crippen LogP contribution in [0, 0.1) is 5.92 Å². The molecule has 2 aliphatic rings. The predicted octanol–water partition coefficient (Wildman–Crippen LogP) is 0.290. The van der Waals surface area contributed by atoms with Gasteiger partial charge >= 0.3 is 17.9 Å². The van der Waals surface area contributed by atoms with Crippen molar-refractivity contribution in [1.29, 1.82) is 0 Å². The highest BCUT2D eigenvalue weighted by Gasteiger charge is 2.40. The number of carbonyl (C=O) groups is 3. The van der Waals surface area contributed by atoms with E-state index in [1.165, 1.54) is 10.1 Å². The van der Waals surface area contributed by atoms with Gasteiger partial charge in [-0.25, -0.2) is 9.59 Å². The molecule has 2 aliphatic heterocycles. The molecule has 0 aromatic heterocycles. The van der Waals surface area contributed by atoms with E-state index in [9.17, 15) is 14.4 Å². The van der Waals surface area contributed by atoms with Crippen LogP contribution in [0.25, 0.3) is 0 Å². The lowest BCUT2D eigenvalue weighted by Crippen LogP contribution is -2.47. The zero-order chi connectivity index (χ0) is 18.6. The molecule has 9 nitrogen and oxygen atoms in total. The minimum Gasteiger partial charge on any atom is -0.480 e. The maximum absolute atomic E-state index is 12.4. The topological polar surface area (TPSA) is 122 Å². The Morgan fingerprint density at radius 1 is 1.12 bits per heavy atom. The minimum absolute atomic E-state index is 0.0265. The van der Waals surface area contributed by atoms with Gasteiger partial charge < -0.3 is 20.5 Å². The number of carboxylic acid groups (broad SMARTS) is 1. The Kier molecular flexibility index (Phi) is 6.74. The number of nitrogens with two attached hydrogens (primary N) is 1. The van der Waals surface area contributed by atoms with Crippen molar-refractivity contribution in [2.24, 2.45) is 11.7 Å². The Hall–Kier alpha value is -1.71. The smallest absolute Gasteiger partial charge is 0.345 e. The molecule has 9 heteroatoms. The summed E-state index contributed by atoms with van der Waals surface area (Å²) in [5.41, 5.74) is 5.86. The number of hydrogen-bond acceptors (Lipinski definition) is 8. The largest absolute Gasteiger partial charge is 0.480 e. The highest BCUT2D eigenvalue weighted by atomic mass is 16.7. The summed E-state index contributed by atoms with van der Waals surface area (Å²) in [4.78, 5) is 46.3. The quantitative estimate of drug-likeness (QED) is 0.662. The van der Waals surface area contributed by atoms with E-state index < -0.39 is 36.0 Å². The van der Waals surface area contributed by atoms with E-state index in [0.29, 0.717) is 38.8 Å². The molecule has 0 aliphatic carbocycles. The Bertz CT molecular complexity index is 514.